The molecule has 0 rings (SSSR count). The molecule has 0 saturated heterocycles. The van der Waals surface area contributed by atoms with Gasteiger partial charge < -0.3 is 25.2 Å². The fourth-order valence-electron chi connectivity index (χ4n) is 4.97. The molecular weight excluding hydrogens is 681 g/mol. The van der Waals surface area contributed by atoms with Gasteiger partial charge in [0.15, 0.2) is 6.10 Å². The second-order valence-corrected chi connectivity index (χ2v) is 14.4. The van der Waals surface area contributed by atoms with Gasteiger partial charge >= 0.3 is 19.8 Å². The van der Waals surface area contributed by atoms with Crippen LogP contribution in [0.3, 0.4) is 0 Å². The summed E-state index contributed by atoms with van der Waals surface area (Å²) < 4.78 is 32.6. The van der Waals surface area contributed by atoms with Crippen LogP contribution in [-0.4, -0.2) is 60.5 Å². The van der Waals surface area contributed by atoms with Gasteiger partial charge in [-0.25, -0.2) is 4.57 Å². The van der Waals surface area contributed by atoms with E-state index in [-0.39, 0.29) is 38.7 Å². The molecule has 0 aliphatic heterocycles. The molecule has 0 aromatic rings. The monoisotopic (exact) mass is 753 g/mol. The second-order valence-electron chi connectivity index (χ2n) is 13.0. The Bertz CT molecular complexity index is 1060. The van der Waals surface area contributed by atoms with Crippen molar-refractivity contribution in [2.45, 2.75) is 161 Å². The largest absolute Gasteiger partial charge is 0.472 e. The minimum Gasteiger partial charge on any atom is -0.462 e. The summed E-state index contributed by atoms with van der Waals surface area (Å²) in [6.07, 6.45) is 39.2. The van der Waals surface area contributed by atoms with Crippen molar-refractivity contribution >= 4 is 19.8 Å². The molecule has 300 valence electrons. The summed E-state index contributed by atoms with van der Waals surface area (Å²) >= 11 is 0. The zero-order chi connectivity index (χ0) is 38.4. The van der Waals surface area contributed by atoms with Gasteiger partial charge in [0.05, 0.1) is 19.3 Å². The molecule has 0 aliphatic rings. The molecule has 0 fully saturated rings. The van der Waals surface area contributed by atoms with Gasteiger partial charge in [0, 0.05) is 19.4 Å². The van der Waals surface area contributed by atoms with Gasteiger partial charge in [0.1, 0.15) is 6.61 Å². The van der Waals surface area contributed by atoms with Crippen LogP contribution in [0, 0.1) is 0 Å². The van der Waals surface area contributed by atoms with Crippen molar-refractivity contribution < 1.29 is 42.7 Å². The fourth-order valence-corrected chi connectivity index (χ4v) is 5.74. The normalized spacial score (nSPS) is 14.6. The lowest BCUT2D eigenvalue weighted by molar-refractivity contribution is -0.161. The SMILES string of the molecule is CCCCCCCCCCCCCCCC(=O)OCC(COP(=O)(O)OCCN)OC(=O)CCCC=CCC=CCC=CCC=CC=CC(O)CC. The molecule has 11 heteroatoms. The molecule has 3 unspecified atom stereocenters. The Kier molecular flexibility index (Phi) is 35.3. The smallest absolute Gasteiger partial charge is 0.462 e. The topological polar surface area (TPSA) is 155 Å². The summed E-state index contributed by atoms with van der Waals surface area (Å²) in [7, 11) is -4.40. The van der Waals surface area contributed by atoms with E-state index in [0.29, 0.717) is 19.3 Å². The van der Waals surface area contributed by atoms with E-state index < -0.39 is 32.5 Å². The average molecular weight is 754 g/mol. The minimum atomic E-state index is -4.40. The molecule has 0 saturated carbocycles. The number of phosphoric ester groups is 1. The lowest BCUT2D eigenvalue weighted by atomic mass is 10.0. The summed E-state index contributed by atoms with van der Waals surface area (Å²) in [6.45, 7) is 3.30. The Morgan fingerprint density at radius 2 is 1.21 bits per heavy atom. The molecule has 0 aromatic carbocycles. The number of nitrogens with two attached hydrogens (primary N) is 1. The first-order chi connectivity index (χ1) is 25.2. The third-order valence-electron chi connectivity index (χ3n) is 8.08. The van der Waals surface area contributed by atoms with Crippen LogP contribution >= 0.6 is 7.82 Å². The number of unbranched alkanes of at least 4 members (excludes halogenated alkanes) is 13. The van der Waals surface area contributed by atoms with E-state index in [9.17, 15) is 24.2 Å². The lowest BCUT2D eigenvalue weighted by Crippen LogP contribution is -2.29. The number of carbonyl (C=O) groups excluding carboxylic acids is 2. The standard InChI is InChI=1S/C41H72NO9P/c1-3-5-6-7-8-9-10-13-17-20-23-26-29-32-40(44)48-36-39(37-50-52(46,47)49-35-34-42)51-41(45)33-30-27-24-21-18-15-12-11-14-16-19-22-25-28-31-38(43)4-2/h12,14-16,21-22,24-25,28,31,38-39,43H,3-11,13,17-20,23,26-27,29-30,32-37,42H2,1-2H3,(H,46,47). The first-order valence-corrected chi connectivity index (χ1v) is 21.4. The summed E-state index contributed by atoms with van der Waals surface area (Å²) in [5, 5.41) is 9.46. The Morgan fingerprint density at radius 1 is 0.673 bits per heavy atom. The zero-order valence-corrected chi connectivity index (χ0v) is 33.3. The van der Waals surface area contributed by atoms with E-state index in [1.54, 1.807) is 6.08 Å². The molecule has 3 atom stereocenters. The zero-order valence-electron chi connectivity index (χ0n) is 32.4. The van der Waals surface area contributed by atoms with E-state index in [4.69, 9.17) is 24.3 Å². The third-order valence-corrected chi connectivity index (χ3v) is 9.06. The highest BCUT2D eigenvalue weighted by Gasteiger charge is 2.25. The molecule has 52 heavy (non-hydrogen) atoms. The van der Waals surface area contributed by atoms with Gasteiger partial charge in [-0.15, -0.1) is 0 Å². The molecule has 0 spiro atoms. The van der Waals surface area contributed by atoms with Gasteiger partial charge in [0.25, 0.3) is 0 Å². The van der Waals surface area contributed by atoms with Crippen LogP contribution in [0.4, 0.5) is 0 Å². The van der Waals surface area contributed by atoms with Gasteiger partial charge in [-0.05, 0) is 44.9 Å². The number of hydrogen-bond donors (Lipinski definition) is 3. The van der Waals surface area contributed by atoms with E-state index in [1.165, 1.54) is 64.2 Å². The fraction of sp³-hybridized carbons (Fsp3) is 0.707. The number of aliphatic hydroxyl groups is 1. The highest BCUT2D eigenvalue weighted by molar-refractivity contribution is 7.47. The molecule has 4 N–H and O–H groups in total. The molecule has 0 bridgehead atoms. The first-order valence-electron chi connectivity index (χ1n) is 19.9. The van der Waals surface area contributed by atoms with E-state index in [0.717, 1.165) is 38.5 Å². The maximum Gasteiger partial charge on any atom is 0.472 e. The molecule has 0 radical (unpaired) electrons. The number of esters is 2. The molecule has 0 heterocycles. The summed E-state index contributed by atoms with van der Waals surface area (Å²) in [6, 6.07) is 0. The quantitative estimate of drug-likeness (QED) is 0.0185. The van der Waals surface area contributed by atoms with Crippen molar-refractivity contribution in [2.24, 2.45) is 5.73 Å². The van der Waals surface area contributed by atoms with Crippen LogP contribution in [-0.2, 0) is 32.7 Å². The van der Waals surface area contributed by atoms with Gasteiger partial charge in [-0.2, -0.15) is 0 Å². The van der Waals surface area contributed by atoms with Crippen molar-refractivity contribution in [3.63, 3.8) is 0 Å². The summed E-state index contributed by atoms with van der Waals surface area (Å²) in [5.74, 6) is -0.919. The van der Waals surface area contributed by atoms with Gasteiger partial charge in [-0.3, -0.25) is 18.6 Å². The number of hydrogen-bond acceptors (Lipinski definition) is 9. The van der Waals surface area contributed by atoms with Crippen molar-refractivity contribution in [3.05, 3.63) is 60.8 Å². The second kappa shape index (κ2) is 37.0. The number of ether oxygens (including phenoxy) is 2. The third kappa shape index (κ3) is 36.0. The van der Waals surface area contributed by atoms with Crippen LogP contribution in [0.25, 0.3) is 0 Å². The van der Waals surface area contributed by atoms with Crippen molar-refractivity contribution in [1.29, 1.82) is 0 Å². The first kappa shape index (κ1) is 49.7. The predicted molar refractivity (Wildman–Crippen MR) is 212 cm³/mol. The number of aliphatic hydroxyl groups excluding tert-OH is 1. The number of carbonyl (C=O) groups is 2. The van der Waals surface area contributed by atoms with E-state index in [1.807, 2.05) is 37.3 Å². The molecule has 0 aromatic heterocycles. The summed E-state index contributed by atoms with van der Waals surface area (Å²) in [4.78, 5) is 34.7. The van der Waals surface area contributed by atoms with Crippen LogP contribution in [0.1, 0.15) is 149 Å². The van der Waals surface area contributed by atoms with Crippen molar-refractivity contribution in [2.75, 3.05) is 26.4 Å². The highest BCUT2D eigenvalue weighted by Crippen LogP contribution is 2.43. The molecular formula is C41H72NO9P. The van der Waals surface area contributed by atoms with Crippen LogP contribution in [0.5, 0.6) is 0 Å². The maximum atomic E-state index is 12.5. The highest BCUT2D eigenvalue weighted by atomic mass is 31.2. The van der Waals surface area contributed by atoms with Crippen LogP contribution < -0.4 is 5.73 Å². The van der Waals surface area contributed by atoms with Crippen molar-refractivity contribution in [3.8, 4) is 0 Å². The Morgan fingerprint density at radius 3 is 1.79 bits per heavy atom. The average Bonchev–Trinajstić information content (AvgIpc) is 3.13. The van der Waals surface area contributed by atoms with Gasteiger partial charge in [-0.1, -0.05) is 152 Å². The Balaban J connectivity index is 4.34. The van der Waals surface area contributed by atoms with E-state index in [2.05, 4.69) is 31.2 Å². The van der Waals surface area contributed by atoms with E-state index >= 15 is 0 Å². The number of allylic oxidation sites excluding steroid dienone is 9. The van der Waals surface area contributed by atoms with Crippen LogP contribution in [0.15, 0.2) is 60.8 Å². The predicted octanol–water partition coefficient (Wildman–Crippen LogP) is 9.91. The Labute approximate surface area is 315 Å². The molecule has 0 amide bonds. The number of phosphoric acid groups is 1. The van der Waals surface area contributed by atoms with Gasteiger partial charge in [0.2, 0.25) is 0 Å². The molecule has 0 aliphatic carbocycles. The summed E-state index contributed by atoms with van der Waals surface area (Å²) in [5.41, 5.74) is 5.33. The molecule has 10 nitrogen and oxygen atoms in total. The Hall–Kier alpha value is -2.33. The van der Waals surface area contributed by atoms with Crippen molar-refractivity contribution in [1.82, 2.24) is 0 Å². The number of rotatable bonds is 36. The minimum absolute atomic E-state index is 0.0366. The lowest BCUT2D eigenvalue weighted by Gasteiger charge is -2.19. The van der Waals surface area contributed by atoms with Crippen LogP contribution in [0.2, 0.25) is 0 Å². The maximum absolute atomic E-state index is 12.5.